The maximum absolute atomic E-state index is 12.5. The number of nitrogens with zero attached hydrogens (tertiary/aromatic N) is 2. The molecule has 1 fully saturated rings. The van der Waals surface area contributed by atoms with E-state index in [-0.39, 0.29) is 17.4 Å². The summed E-state index contributed by atoms with van der Waals surface area (Å²) in [5, 5.41) is 22.2. The quantitative estimate of drug-likeness (QED) is 0.747. The van der Waals surface area contributed by atoms with Gasteiger partial charge in [0.1, 0.15) is 23.2 Å². The monoisotopic (exact) mass is 395 g/mol. The number of aromatic nitrogens is 1. The average molecular weight is 395 g/mol. The van der Waals surface area contributed by atoms with Gasteiger partial charge in [0.2, 0.25) is 0 Å². The maximum Gasteiger partial charge on any atom is 0.342 e. The van der Waals surface area contributed by atoms with Crippen LogP contribution in [-0.2, 0) is 9.53 Å². The summed E-state index contributed by atoms with van der Waals surface area (Å²) in [6, 6.07) is 7.01. The number of hydrogen-bond donors (Lipinski definition) is 2. The fourth-order valence-electron chi connectivity index (χ4n) is 3.90. The van der Waals surface area contributed by atoms with Crippen molar-refractivity contribution in [2.24, 2.45) is 0 Å². The Morgan fingerprint density at radius 2 is 1.97 bits per heavy atom. The lowest BCUT2D eigenvalue weighted by atomic mass is 10.1. The SMILES string of the molecule is Cc1ccc(O)c(C(=O)OCC(=O)Nc2c(C#N)c(C)c(C)n2C2CCCC2)c1. The van der Waals surface area contributed by atoms with Crippen LogP contribution >= 0.6 is 0 Å². The minimum atomic E-state index is -0.777. The first-order chi connectivity index (χ1) is 13.8. The molecule has 0 atom stereocenters. The molecule has 29 heavy (non-hydrogen) atoms. The smallest absolute Gasteiger partial charge is 0.342 e. The van der Waals surface area contributed by atoms with Crippen LogP contribution in [-0.4, -0.2) is 28.2 Å². The molecule has 2 aromatic rings. The van der Waals surface area contributed by atoms with E-state index in [1.165, 1.54) is 12.1 Å². The molecule has 152 valence electrons. The molecule has 0 bridgehead atoms. The Balaban J connectivity index is 1.75. The Kier molecular flexibility index (Phi) is 5.92. The van der Waals surface area contributed by atoms with Crippen molar-refractivity contribution >= 4 is 17.7 Å². The summed E-state index contributed by atoms with van der Waals surface area (Å²) in [6.45, 7) is 5.10. The van der Waals surface area contributed by atoms with E-state index in [1.54, 1.807) is 13.0 Å². The lowest BCUT2D eigenvalue weighted by Crippen LogP contribution is -2.24. The van der Waals surface area contributed by atoms with E-state index >= 15 is 0 Å². The van der Waals surface area contributed by atoms with E-state index in [0.717, 1.165) is 42.5 Å². The summed E-state index contributed by atoms with van der Waals surface area (Å²) >= 11 is 0. The minimum absolute atomic E-state index is 0.0107. The second-order valence-electron chi connectivity index (χ2n) is 7.50. The zero-order chi connectivity index (χ0) is 21.1. The summed E-state index contributed by atoms with van der Waals surface area (Å²) in [4.78, 5) is 24.7. The van der Waals surface area contributed by atoms with E-state index in [1.807, 2.05) is 18.4 Å². The molecule has 0 spiro atoms. The zero-order valence-corrected chi connectivity index (χ0v) is 16.9. The first-order valence-electron chi connectivity index (χ1n) is 9.71. The molecular formula is C22H25N3O4. The van der Waals surface area contributed by atoms with E-state index in [9.17, 15) is 20.0 Å². The Labute approximate surface area is 169 Å². The van der Waals surface area contributed by atoms with Crippen LogP contribution in [0, 0.1) is 32.1 Å². The van der Waals surface area contributed by atoms with Gasteiger partial charge in [-0.05, 0) is 51.3 Å². The number of phenols is 1. The third-order valence-electron chi connectivity index (χ3n) is 5.52. The van der Waals surface area contributed by atoms with Crippen LogP contribution in [0.25, 0.3) is 0 Å². The summed E-state index contributed by atoms with van der Waals surface area (Å²) in [7, 11) is 0. The average Bonchev–Trinajstić information content (AvgIpc) is 3.29. The molecule has 2 N–H and O–H groups in total. The van der Waals surface area contributed by atoms with Gasteiger partial charge in [0.25, 0.3) is 5.91 Å². The van der Waals surface area contributed by atoms with Crippen molar-refractivity contribution in [2.75, 3.05) is 11.9 Å². The normalized spacial score (nSPS) is 13.9. The fourth-order valence-corrected chi connectivity index (χ4v) is 3.90. The Morgan fingerprint density at radius 3 is 2.62 bits per heavy atom. The highest BCUT2D eigenvalue weighted by Gasteiger charge is 2.27. The van der Waals surface area contributed by atoms with Gasteiger partial charge < -0.3 is 19.7 Å². The van der Waals surface area contributed by atoms with Crippen molar-refractivity contribution in [1.82, 2.24) is 4.57 Å². The number of nitrogens with one attached hydrogen (secondary N) is 1. The molecule has 1 aliphatic carbocycles. The van der Waals surface area contributed by atoms with Crippen LogP contribution in [0.3, 0.4) is 0 Å². The fraction of sp³-hybridized carbons (Fsp3) is 0.409. The first kappa shape index (κ1) is 20.5. The number of hydrogen-bond acceptors (Lipinski definition) is 5. The number of phenolic OH excluding ortho intramolecular Hbond substituents is 1. The number of ether oxygens (including phenoxy) is 1. The Hall–Kier alpha value is -3.27. The van der Waals surface area contributed by atoms with Crippen LogP contribution in [0.15, 0.2) is 18.2 Å². The standard InChI is InChI=1S/C22H25N3O4/c1-13-8-9-19(26)17(10-13)22(28)29-12-20(27)24-21-18(11-23)14(2)15(3)25(21)16-6-4-5-7-16/h8-10,16,26H,4-7,12H2,1-3H3,(H,24,27). The highest BCUT2D eigenvalue weighted by atomic mass is 16.5. The number of carbonyl (C=O) groups is 2. The van der Waals surface area contributed by atoms with Crippen LogP contribution in [0.5, 0.6) is 5.75 Å². The predicted octanol–water partition coefficient (Wildman–Crippen LogP) is 3.90. The molecule has 7 heteroatoms. The van der Waals surface area contributed by atoms with Crippen LogP contribution in [0.4, 0.5) is 5.82 Å². The second kappa shape index (κ2) is 8.39. The van der Waals surface area contributed by atoms with E-state index < -0.39 is 18.5 Å². The summed E-state index contributed by atoms with van der Waals surface area (Å²) in [5.41, 5.74) is 3.04. The van der Waals surface area contributed by atoms with Crippen molar-refractivity contribution in [3.63, 3.8) is 0 Å². The number of aromatic hydroxyl groups is 1. The van der Waals surface area contributed by atoms with Crippen LogP contribution in [0.2, 0.25) is 0 Å². The van der Waals surface area contributed by atoms with Gasteiger partial charge in [-0.3, -0.25) is 4.79 Å². The molecule has 1 aromatic carbocycles. The van der Waals surface area contributed by atoms with Gasteiger partial charge in [-0.25, -0.2) is 4.79 Å². The Morgan fingerprint density at radius 1 is 1.28 bits per heavy atom. The topological polar surface area (TPSA) is 104 Å². The number of benzene rings is 1. The number of carbonyl (C=O) groups excluding carboxylic acids is 2. The lowest BCUT2D eigenvalue weighted by Gasteiger charge is -2.19. The molecule has 7 nitrogen and oxygen atoms in total. The zero-order valence-electron chi connectivity index (χ0n) is 16.9. The van der Waals surface area contributed by atoms with Crippen LogP contribution < -0.4 is 5.32 Å². The van der Waals surface area contributed by atoms with Crippen LogP contribution in [0.1, 0.15) is 64.5 Å². The lowest BCUT2D eigenvalue weighted by molar-refractivity contribution is -0.119. The number of rotatable bonds is 5. The third kappa shape index (κ3) is 4.11. The van der Waals surface area contributed by atoms with Crippen molar-refractivity contribution in [3.8, 4) is 11.8 Å². The van der Waals surface area contributed by atoms with E-state index in [0.29, 0.717) is 11.4 Å². The highest BCUT2D eigenvalue weighted by Crippen LogP contribution is 2.37. The summed E-state index contributed by atoms with van der Waals surface area (Å²) in [5.74, 6) is -1.04. The van der Waals surface area contributed by atoms with Gasteiger partial charge in [0, 0.05) is 11.7 Å². The number of amides is 1. The van der Waals surface area contributed by atoms with Crippen molar-refractivity contribution in [1.29, 1.82) is 5.26 Å². The molecule has 0 aliphatic heterocycles. The van der Waals surface area contributed by atoms with Crippen molar-refractivity contribution in [2.45, 2.75) is 52.5 Å². The number of esters is 1. The minimum Gasteiger partial charge on any atom is -0.507 e. The molecule has 1 amide bonds. The van der Waals surface area contributed by atoms with E-state index in [4.69, 9.17) is 4.74 Å². The number of nitriles is 1. The van der Waals surface area contributed by atoms with Gasteiger partial charge >= 0.3 is 5.97 Å². The summed E-state index contributed by atoms with van der Waals surface area (Å²) < 4.78 is 7.11. The Bertz CT molecular complexity index is 994. The van der Waals surface area contributed by atoms with Gasteiger partial charge in [0.05, 0.1) is 5.56 Å². The number of aryl methyl sites for hydroxylation is 1. The summed E-state index contributed by atoms with van der Waals surface area (Å²) in [6.07, 6.45) is 4.25. The van der Waals surface area contributed by atoms with Crippen molar-refractivity contribution < 1.29 is 19.4 Å². The second-order valence-corrected chi connectivity index (χ2v) is 7.50. The predicted molar refractivity (Wildman–Crippen MR) is 108 cm³/mol. The molecule has 0 saturated heterocycles. The maximum atomic E-state index is 12.5. The van der Waals surface area contributed by atoms with Gasteiger partial charge in [0.15, 0.2) is 6.61 Å². The largest absolute Gasteiger partial charge is 0.507 e. The van der Waals surface area contributed by atoms with Crippen molar-refractivity contribution in [3.05, 3.63) is 46.1 Å². The molecule has 1 aliphatic rings. The van der Waals surface area contributed by atoms with Gasteiger partial charge in [-0.1, -0.05) is 24.5 Å². The van der Waals surface area contributed by atoms with E-state index in [2.05, 4.69) is 11.4 Å². The number of anilines is 1. The molecule has 3 rings (SSSR count). The highest BCUT2D eigenvalue weighted by molar-refractivity contribution is 5.97. The molecule has 1 aromatic heterocycles. The first-order valence-corrected chi connectivity index (χ1v) is 9.71. The molecule has 0 radical (unpaired) electrons. The molecule has 1 heterocycles. The molecule has 1 saturated carbocycles. The molecular weight excluding hydrogens is 370 g/mol. The third-order valence-corrected chi connectivity index (χ3v) is 5.52. The van der Waals surface area contributed by atoms with Gasteiger partial charge in [-0.15, -0.1) is 0 Å². The van der Waals surface area contributed by atoms with Gasteiger partial charge in [-0.2, -0.15) is 5.26 Å². The molecule has 0 unspecified atom stereocenters.